The van der Waals surface area contributed by atoms with Crippen LogP contribution < -0.4 is 0 Å². The van der Waals surface area contributed by atoms with Crippen LogP contribution in [0.4, 0.5) is 0 Å². The largest absolute Gasteiger partial charge is 0.368 e. The number of rotatable bonds is 3. The number of pyridine rings is 1. The van der Waals surface area contributed by atoms with Gasteiger partial charge in [0.15, 0.2) is 0 Å². The number of ether oxygens (including phenoxy) is 2. The predicted molar refractivity (Wildman–Crippen MR) is 93.1 cm³/mol. The smallest absolute Gasteiger partial charge is 0.251 e. The molecule has 140 valence electrons. The minimum atomic E-state index is -0.351. The molecule has 0 bridgehead atoms. The molecule has 1 aromatic rings. The van der Waals surface area contributed by atoms with Crippen LogP contribution in [0.2, 0.25) is 0 Å². The molecule has 2 amide bonds. The van der Waals surface area contributed by atoms with E-state index in [1.165, 1.54) is 0 Å². The van der Waals surface area contributed by atoms with E-state index in [1.54, 1.807) is 6.20 Å². The van der Waals surface area contributed by atoms with Gasteiger partial charge in [-0.05, 0) is 37.8 Å². The fourth-order valence-electron chi connectivity index (χ4n) is 4.03. The van der Waals surface area contributed by atoms with E-state index in [4.69, 9.17) is 9.47 Å². The quantitative estimate of drug-likeness (QED) is 0.805. The minimum Gasteiger partial charge on any atom is -0.368 e. The standard InChI is InChI=1S/C19H25N3O4/c23-17-13-26-19(14-22(17)12-15-4-1-2-8-20-15)6-9-21(10-7-19)18(24)16-5-3-11-25-16/h1-2,4,8,16H,3,5-7,9-14H2/t16-/m1/s1. The summed E-state index contributed by atoms with van der Waals surface area (Å²) in [7, 11) is 0. The van der Waals surface area contributed by atoms with E-state index in [2.05, 4.69) is 4.98 Å². The molecule has 0 radical (unpaired) electrons. The zero-order valence-electron chi connectivity index (χ0n) is 14.9. The third-order valence-corrected chi connectivity index (χ3v) is 5.60. The summed E-state index contributed by atoms with van der Waals surface area (Å²) in [5, 5.41) is 0. The monoisotopic (exact) mass is 359 g/mol. The van der Waals surface area contributed by atoms with Gasteiger partial charge in [0, 0.05) is 25.9 Å². The van der Waals surface area contributed by atoms with E-state index in [-0.39, 0.29) is 30.1 Å². The first-order valence-corrected chi connectivity index (χ1v) is 9.37. The molecule has 0 saturated carbocycles. The Morgan fingerprint density at radius 2 is 2.15 bits per heavy atom. The SMILES string of the molecule is O=C1COC2(CCN(C(=O)[C@H]3CCCO3)CC2)CN1Cc1ccccn1. The van der Waals surface area contributed by atoms with Crippen LogP contribution in [0, 0.1) is 0 Å². The lowest BCUT2D eigenvalue weighted by Gasteiger charge is -2.47. The molecule has 3 aliphatic heterocycles. The molecular formula is C19H25N3O4. The Kier molecular flexibility index (Phi) is 4.91. The van der Waals surface area contributed by atoms with Crippen LogP contribution in [0.25, 0.3) is 0 Å². The third kappa shape index (κ3) is 3.59. The van der Waals surface area contributed by atoms with E-state index in [0.29, 0.717) is 32.8 Å². The molecule has 3 fully saturated rings. The van der Waals surface area contributed by atoms with E-state index >= 15 is 0 Å². The molecule has 3 saturated heterocycles. The number of hydrogen-bond acceptors (Lipinski definition) is 5. The molecular weight excluding hydrogens is 334 g/mol. The molecule has 4 rings (SSSR count). The Hall–Kier alpha value is -1.99. The zero-order chi connectivity index (χ0) is 18.0. The van der Waals surface area contributed by atoms with Gasteiger partial charge in [-0.3, -0.25) is 14.6 Å². The number of morpholine rings is 1. The zero-order valence-corrected chi connectivity index (χ0v) is 14.9. The lowest BCUT2D eigenvalue weighted by Crippen LogP contribution is -2.59. The van der Waals surface area contributed by atoms with E-state index in [0.717, 1.165) is 31.4 Å². The number of aromatic nitrogens is 1. The van der Waals surface area contributed by atoms with Crippen molar-refractivity contribution >= 4 is 11.8 Å². The maximum atomic E-state index is 12.5. The molecule has 0 N–H and O–H groups in total. The molecule has 0 aromatic carbocycles. The van der Waals surface area contributed by atoms with Crippen LogP contribution in [0.5, 0.6) is 0 Å². The van der Waals surface area contributed by atoms with Crippen molar-refractivity contribution in [2.45, 2.75) is 43.9 Å². The predicted octanol–water partition coefficient (Wildman–Crippen LogP) is 0.981. The highest BCUT2D eigenvalue weighted by atomic mass is 16.5. The second kappa shape index (κ2) is 7.32. The number of amides is 2. The first kappa shape index (κ1) is 17.4. The summed E-state index contributed by atoms with van der Waals surface area (Å²) in [6.45, 7) is 3.16. The second-order valence-electron chi connectivity index (χ2n) is 7.37. The normalized spacial score (nSPS) is 25.7. The van der Waals surface area contributed by atoms with Crippen LogP contribution >= 0.6 is 0 Å². The van der Waals surface area contributed by atoms with Gasteiger partial charge in [0.2, 0.25) is 5.91 Å². The van der Waals surface area contributed by atoms with Crippen molar-refractivity contribution < 1.29 is 19.1 Å². The highest BCUT2D eigenvalue weighted by molar-refractivity contribution is 5.81. The van der Waals surface area contributed by atoms with Crippen molar-refractivity contribution in [2.24, 2.45) is 0 Å². The van der Waals surface area contributed by atoms with Gasteiger partial charge in [0.25, 0.3) is 5.91 Å². The summed E-state index contributed by atoms with van der Waals surface area (Å²) in [5.41, 5.74) is 0.527. The van der Waals surface area contributed by atoms with E-state index in [9.17, 15) is 9.59 Å². The molecule has 3 aliphatic rings. The Morgan fingerprint density at radius 3 is 2.85 bits per heavy atom. The first-order chi connectivity index (χ1) is 12.7. The second-order valence-corrected chi connectivity index (χ2v) is 7.37. The summed E-state index contributed by atoms with van der Waals surface area (Å²) in [6.07, 6.45) is 4.75. The number of hydrogen-bond donors (Lipinski definition) is 0. The summed E-state index contributed by atoms with van der Waals surface area (Å²) in [5.74, 6) is 0.105. The van der Waals surface area contributed by atoms with Crippen molar-refractivity contribution in [1.29, 1.82) is 0 Å². The van der Waals surface area contributed by atoms with E-state index in [1.807, 2.05) is 28.0 Å². The summed E-state index contributed by atoms with van der Waals surface area (Å²) < 4.78 is 11.5. The molecule has 26 heavy (non-hydrogen) atoms. The molecule has 1 atom stereocenters. The molecule has 4 heterocycles. The van der Waals surface area contributed by atoms with Crippen molar-refractivity contribution in [3.8, 4) is 0 Å². The average molecular weight is 359 g/mol. The highest BCUT2D eigenvalue weighted by Gasteiger charge is 2.43. The topological polar surface area (TPSA) is 72.0 Å². The Balaban J connectivity index is 1.37. The number of carbonyl (C=O) groups is 2. The third-order valence-electron chi connectivity index (χ3n) is 5.60. The van der Waals surface area contributed by atoms with Gasteiger partial charge in [0.1, 0.15) is 12.7 Å². The molecule has 0 aliphatic carbocycles. The van der Waals surface area contributed by atoms with E-state index < -0.39 is 0 Å². The van der Waals surface area contributed by atoms with Crippen LogP contribution in [0.1, 0.15) is 31.4 Å². The fourth-order valence-corrected chi connectivity index (χ4v) is 4.03. The van der Waals surface area contributed by atoms with Crippen molar-refractivity contribution in [2.75, 3.05) is 32.8 Å². The summed E-state index contributed by atoms with van der Waals surface area (Å²) in [6, 6.07) is 5.73. The van der Waals surface area contributed by atoms with Gasteiger partial charge < -0.3 is 19.3 Å². The van der Waals surface area contributed by atoms with Crippen molar-refractivity contribution in [1.82, 2.24) is 14.8 Å². The Morgan fingerprint density at radius 1 is 1.31 bits per heavy atom. The van der Waals surface area contributed by atoms with Gasteiger partial charge >= 0.3 is 0 Å². The van der Waals surface area contributed by atoms with Crippen LogP contribution in [-0.2, 0) is 25.6 Å². The Labute approximate surface area is 153 Å². The average Bonchev–Trinajstić information content (AvgIpc) is 3.21. The Bertz CT molecular complexity index is 652. The lowest BCUT2D eigenvalue weighted by molar-refractivity contribution is -0.175. The van der Waals surface area contributed by atoms with Crippen molar-refractivity contribution in [3.63, 3.8) is 0 Å². The van der Waals surface area contributed by atoms with Crippen LogP contribution in [-0.4, -0.2) is 71.2 Å². The highest BCUT2D eigenvalue weighted by Crippen LogP contribution is 2.32. The van der Waals surface area contributed by atoms with Gasteiger partial charge in [-0.25, -0.2) is 0 Å². The number of carbonyl (C=O) groups excluding carboxylic acids is 2. The van der Waals surface area contributed by atoms with Gasteiger partial charge in [-0.15, -0.1) is 0 Å². The molecule has 1 spiro atoms. The maximum Gasteiger partial charge on any atom is 0.251 e. The number of likely N-dealkylation sites (tertiary alicyclic amines) is 1. The van der Waals surface area contributed by atoms with Crippen LogP contribution in [0.15, 0.2) is 24.4 Å². The van der Waals surface area contributed by atoms with Gasteiger partial charge in [-0.1, -0.05) is 6.07 Å². The molecule has 0 unspecified atom stereocenters. The van der Waals surface area contributed by atoms with Crippen LogP contribution in [0.3, 0.4) is 0 Å². The minimum absolute atomic E-state index is 0.000797. The summed E-state index contributed by atoms with van der Waals surface area (Å²) >= 11 is 0. The number of nitrogens with zero attached hydrogens (tertiary/aromatic N) is 3. The van der Waals surface area contributed by atoms with Crippen molar-refractivity contribution in [3.05, 3.63) is 30.1 Å². The molecule has 1 aromatic heterocycles. The molecule has 7 nitrogen and oxygen atoms in total. The number of piperidine rings is 1. The summed E-state index contributed by atoms with van der Waals surface area (Å²) in [4.78, 5) is 32.8. The fraction of sp³-hybridized carbons (Fsp3) is 0.632. The lowest BCUT2D eigenvalue weighted by atomic mass is 9.89. The first-order valence-electron chi connectivity index (χ1n) is 9.37. The van der Waals surface area contributed by atoms with Gasteiger partial charge in [0.05, 0.1) is 24.4 Å². The molecule has 7 heteroatoms. The maximum absolute atomic E-state index is 12.5. The van der Waals surface area contributed by atoms with Gasteiger partial charge in [-0.2, -0.15) is 0 Å².